The Balaban J connectivity index is 1.85. The lowest BCUT2D eigenvalue weighted by Gasteiger charge is -2.25. The van der Waals surface area contributed by atoms with Gasteiger partial charge in [0, 0.05) is 6.54 Å². The van der Waals surface area contributed by atoms with E-state index in [1.54, 1.807) is 0 Å². The van der Waals surface area contributed by atoms with E-state index in [2.05, 4.69) is 36.2 Å². The average Bonchev–Trinajstić information content (AvgIpc) is 2.29. The molecule has 2 heteroatoms. The smallest absolute Gasteiger partial charge is 0.0658 e. The Morgan fingerprint density at radius 1 is 1.33 bits per heavy atom. The largest absolute Gasteiger partial charge is 0.379 e. The molecule has 1 aliphatic heterocycles. The minimum absolute atomic E-state index is 0.318. The highest BCUT2D eigenvalue weighted by Crippen LogP contribution is 2.12. The average molecular weight is 203 g/mol. The summed E-state index contributed by atoms with van der Waals surface area (Å²) in [5.41, 5.74) is 2.56. The van der Waals surface area contributed by atoms with E-state index in [0.717, 1.165) is 26.2 Å². The van der Waals surface area contributed by atoms with E-state index in [1.165, 1.54) is 11.1 Å². The molecule has 1 saturated heterocycles. The van der Waals surface area contributed by atoms with Gasteiger partial charge in [0.15, 0.2) is 0 Å². The summed E-state index contributed by atoms with van der Waals surface area (Å²) in [5.74, 6) is 0. The van der Waals surface area contributed by atoms with Gasteiger partial charge in [0.25, 0.3) is 0 Å². The number of hydrogen-bond acceptors (Lipinski definition) is 2. The minimum Gasteiger partial charge on any atom is -0.379 e. The van der Waals surface area contributed by atoms with Gasteiger partial charge < -0.3 is 10.1 Å². The third-order valence-corrected chi connectivity index (χ3v) is 2.74. The van der Waals surface area contributed by atoms with Gasteiger partial charge in [-0.15, -0.1) is 0 Å². The molecule has 1 aliphatic rings. The van der Waals surface area contributed by atoms with Gasteiger partial charge in [-0.05, 0) is 12.0 Å². The summed E-state index contributed by atoms with van der Waals surface area (Å²) >= 11 is 0. The summed E-state index contributed by atoms with van der Waals surface area (Å²) in [6.07, 6.45) is 0.979. The molecule has 1 unspecified atom stereocenters. The SMILES string of the molecule is C=C1CCOCC1NCc1ccccc1. The molecule has 80 valence electrons. The van der Waals surface area contributed by atoms with Crippen LogP contribution >= 0.6 is 0 Å². The molecule has 1 N–H and O–H groups in total. The molecule has 1 heterocycles. The molecule has 1 atom stereocenters. The molecule has 1 fully saturated rings. The summed E-state index contributed by atoms with van der Waals surface area (Å²) in [7, 11) is 0. The van der Waals surface area contributed by atoms with Gasteiger partial charge in [-0.3, -0.25) is 0 Å². The van der Waals surface area contributed by atoms with Gasteiger partial charge in [0.2, 0.25) is 0 Å². The maximum atomic E-state index is 5.42. The third-order valence-electron chi connectivity index (χ3n) is 2.74. The number of hydrogen-bond donors (Lipinski definition) is 1. The highest BCUT2D eigenvalue weighted by Gasteiger charge is 2.16. The van der Waals surface area contributed by atoms with Crippen molar-refractivity contribution in [3.8, 4) is 0 Å². The van der Waals surface area contributed by atoms with E-state index in [-0.39, 0.29) is 0 Å². The van der Waals surface area contributed by atoms with Crippen LogP contribution in [0.5, 0.6) is 0 Å². The standard InChI is InChI=1S/C13H17NO/c1-11-7-8-15-10-13(11)14-9-12-5-3-2-4-6-12/h2-6,13-14H,1,7-10H2. The second kappa shape index (κ2) is 5.10. The van der Waals surface area contributed by atoms with Crippen LogP contribution < -0.4 is 5.32 Å². The number of rotatable bonds is 3. The van der Waals surface area contributed by atoms with Crippen LogP contribution in [0, 0.1) is 0 Å². The molecular formula is C13H17NO. The van der Waals surface area contributed by atoms with Crippen LogP contribution in [0.25, 0.3) is 0 Å². The molecule has 0 radical (unpaired) electrons. The lowest BCUT2D eigenvalue weighted by molar-refractivity contribution is 0.0965. The number of benzene rings is 1. The van der Waals surface area contributed by atoms with Gasteiger partial charge in [-0.1, -0.05) is 42.5 Å². The van der Waals surface area contributed by atoms with E-state index < -0.39 is 0 Å². The Hall–Kier alpha value is -1.12. The highest BCUT2D eigenvalue weighted by atomic mass is 16.5. The maximum Gasteiger partial charge on any atom is 0.0658 e. The van der Waals surface area contributed by atoms with Crippen LogP contribution in [0.15, 0.2) is 42.5 Å². The van der Waals surface area contributed by atoms with Crippen LogP contribution in [0.2, 0.25) is 0 Å². The normalized spacial score (nSPS) is 21.6. The molecule has 0 aliphatic carbocycles. The fourth-order valence-corrected chi connectivity index (χ4v) is 1.74. The van der Waals surface area contributed by atoms with Gasteiger partial charge in [-0.2, -0.15) is 0 Å². The van der Waals surface area contributed by atoms with Crippen LogP contribution in [-0.4, -0.2) is 19.3 Å². The molecule has 15 heavy (non-hydrogen) atoms. The van der Waals surface area contributed by atoms with Crippen molar-refractivity contribution in [2.45, 2.75) is 19.0 Å². The Morgan fingerprint density at radius 3 is 2.87 bits per heavy atom. The van der Waals surface area contributed by atoms with Crippen molar-refractivity contribution in [1.82, 2.24) is 5.32 Å². The number of nitrogens with one attached hydrogen (secondary N) is 1. The van der Waals surface area contributed by atoms with Gasteiger partial charge in [0.05, 0.1) is 19.3 Å². The molecular weight excluding hydrogens is 186 g/mol. The first kappa shape index (κ1) is 10.4. The van der Waals surface area contributed by atoms with Crippen molar-refractivity contribution in [2.24, 2.45) is 0 Å². The Morgan fingerprint density at radius 2 is 2.13 bits per heavy atom. The quantitative estimate of drug-likeness (QED) is 0.760. The second-order valence-corrected chi connectivity index (χ2v) is 3.90. The zero-order valence-corrected chi connectivity index (χ0v) is 8.91. The van der Waals surface area contributed by atoms with Crippen molar-refractivity contribution in [3.63, 3.8) is 0 Å². The van der Waals surface area contributed by atoms with Crippen LogP contribution in [0.1, 0.15) is 12.0 Å². The van der Waals surface area contributed by atoms with E-state index in [0.29, 0.717) is 6.04 Å². The van der Waals surface area contributed by atoms with Gasteiger partial charge in [0.1, 0.15) is 0 Å². The lowest BCUT2D eigenvalue weighted by Crippen LogP contribution is -2.37. The highest BCUT2D eigenvalue weighted by molar-refractivity contribution is 5.15. The molecule has 0 saturated carbocycles. The summed E-state index contributed by atoms with van der Waals surface area (Å²) < 4.78 is 5.42. The maximum absolute atomic E-state index is 5.42. The van der Waals surface area contributed by atoms with E-state index >= 15 is 0 Å². The van der Waals surface area contributed by atoms with Crippen molar-refractivity contribution in [3.05, 3.63) is 48.0 Å². The first-order valence-electron chi connectivity index (χ1n) is 5.39. The second-order valence-electron chi connectivity index (χ2n) is 3.90. The molecule has 0 spiro atoms. The summed E-state index contributed by atoms with van der Waals surface area (Å²) in [5, 5.41) is 3.46. The van der Waals surface area contributed by atoms with Gasteiger partial charge >= 0.3 is 0 Å². The monoisotopic (exact) mass is 203 g/mol. The van der Waals surface area contributed by atoms with E-state index in [4.69, 9.17) is 4.74 Å². The number of ether oxygens (including phenoxy) is 1. The molecule has 2 nitrogen and oxygen atoms in total. The molecule has 0 amide bonds. The van der Waals surface area contributed by atoms with Crippen molar-refractivity contribution in [2.75, 3.05) is 13.2 Å². The predicted molar refractivity (Wildman–Crippen MR) is 61.6 cm³/mol. The first-order valence-corrected chi connectivity index (χ1v) is 5.39. The zero-order chi connectivity index (χ0) is 10.5. The fourth-order valence-electron chi connectivity index (χ4n) is 1.74. The minimum atomic E-state index is 0.318. The van der Waals surface area contributed by atoms with Gasteiger partial charge in [-0.25, -0.2) is 0 Å². The topological polar surface area (TPSA) is 21.3 Å². The summed E-state index contributed by atoms with van der Waals surface area (Å²) in [6, 6.07) is 10.7. The molecule has 0 bridgehead atoms. The van der Waals surface area contributed by atoms with E-state index in [1.807, 2.05) is 6.07 Å². The molecule has 1 aromatic carbocycles. The molecule has 0 aromatic heterocycles. The summed E-state index contributed by atoms with van der Waals surface area (Å²) in [4.78, 5) is 0. The Kier molecular flexibility index (Phi) is 3.54. The zero-order valence-electron chi connectivity index (χ0n) is 8.91. The van der Waals surface area contributed by atoms with Crippen LogP contribution in [0.3, 0.4) is 0 Å². The van der Waals surface area contributed by atoms with Crippen molar-refractivity contribution < 1.29 is 4.74 Å². The molecule has 1 aromatic rings. The fraction of sp³-hybridized carbons (Fsp3) is 0.385. The van der Waals surface area contributed by atoms with Crippen molar-refractivity contribution in [1.29, 1.82) is 0 Å². The third kappa shape index (κ3) is 2.91. The van der Waals surface area contributed by atoms with Crippen LogP contribution in [-0.2, 0) is 11.3 Å². The Labute approximate surface area is 91.0 Å². The predicted octanol–water partition coefficient (Wildman–Crippen LogP) is 2.12. The lowest BCUT2D eigenvalue weighted by atomic mass is 10.0. The summed E-state index contributed by atoms with van der Waals surface area (Å²) in [6.45, 7) is 6.53. The first-order chi connectivity index (χ1) is 7.36. The van der Waals surface area contributed by atoms with E-state index in [9.17, 15) is 0 Å². The molecule has 2 rings (SSSR count). The van der Waals surface area contributed by atoms with Crippen LogP contribution in [0.4, 0.5) is 0 Å². The van der Waals surface area contributed by atoms with Crippen molar-refractivity contribution >= 4 is 0 Å². The Bertz CT molecular complexity index is 321.